The molecule has 11 nitrogen and oxygen atoms in total. The average Bonchev–Trinajstić information content (AvgIpc) is 3.25. The molecule has 2 heterocycles. The second-order valence-corrected chi connectivity index (χ2v) is 12.4. The summed E-state index contributed by atoms with van der Waals surface area (Å²) in [5.41, 5.74) is 2.60. The van der Waals surface area contributed by atoms with E-state index in [1.165, 1.54) is 44.2 Å². The molecule has 0 aliphatic heterocycles. The van der Waals surface area contributed by atoms with Gasteiger partial charge in [0.15, 0.2) is 31.2 Å². The summed E-state index contributed by atoms with van der Waals surface area (Å²) >= 11 is 0. The van der Waals surface area contributed by atoms with E-state index in [0.29, 0.717) is 22.8 Å². The first-order valence-electron chi connectivity index (χ1n) is 11.8. The molecule has 0 atom stereocenters. The van der Waals surface area contributed by atoms with Crippen LogP contribution in [0.4, 0.5) is 0 Å². The fourth-order valence-electron chi connectivity index (χ4n) is 4.09. The number of carbonyl (C=O) groups is 1. The van der Waals surface area contributed by atoms with Gasteiger partial charge in [0.2, 0.25) is 5.75 Å². The standard InChI is InChI=1S/C25H31N3O8S2/c1-6-12-37(30,31)23-18-10-8-9-11-28(18)21(24(23)38(32,33)13-7-2)25(29)27-26-16-17-14-19(34-3)22(36-5)20(15-17)35-4/h8-11,14-16H,6-7,12-13H2,1-5H3,(H,27,29). The summed E-state index contributed by atoms with van der Waals surface area (Å²) in [6, 6.07) is 7.85. The van der Waals surface area contributed by atoms with Crippen LogP contribution in [0, 0.1) is 0 Å². The van der Waals surface area contributed by atoms with Gasteiger partial charge in [-0.25, -0.2) is 22.3 Å². The molecule has 0 saturated carbocycles. The first-order valence-corrected chi connectivity index (χ1v) is 15.1. The molecule has 1 N–H and O–H groups in total. The lowest BCUT2D eigenvalue weighted by Crippen LogP contribution is -2.23. The van der Waals surface area contributed by atoms with Crippen LogP contribution in [-0.4, -0.2) is 66.2 Å². The van der Waals surface area contributed by atoms with Gasteiger partial charge in [-0.1, -0.05) is 19.9 Å². The predicted molar refractivity (Wildman–Crippen MR) is 143 cm³/mol. The fraction of sp³-hybridized carbons (Fsp3) is 0.360. The van der Waals surface area contributed by atoms with Gasteiger partial charge in [0.25, 0.3) is 5.91 Å². The number of hydrazone groups is 1. The Labute approximate surface area is 222 Å². The highest BCUT2D eigenvalue weighted by molar-refractivity contribution is 7.94. The minimum absolute atomic E-state index is 0.106. The summed E-state index contributed by atoms with van der Waals surface area (Å²) in [4.78, 5) is 12.5. The van der Waals surface area contributed by atoms with Crippen molar-refractivity contribution in [3.8, 4) is 17.2 Å². The Bertz CT molecular complexity index is 1550. The SMILES string of the molecule is CCCS(=O)(=O)c1c(S(=O)(=O)CCC)c2ccccn2c1C(=O)NN=Cc1cc(OC)c(OC)c(OC)c1. The third-order valence-corrected chi connectivity index (χ3v) is 9.68. The number of aromatic nitrogens is 1. The quantitative estimate of drug-likeness (QED) is 0.261. The number of nitrogens with zero attached hydrogens (tertiary/aromatic N) is 2. The number of pyridine rings is 1. The Morgan fingerprint density at radius 3 is 2.03 bits per heavy atom. The number of sulfone groups is 2. The Hall–Kier alpha value is -3.58. The van der Waals surface area contributed by atoms with Gasteiger partial charge in [0, 0.05) is 11.8 Å². The van der Waals surface area contributed by atoms with E-state index in [2.05, 4.69) is 10.5 Å². The van der Waals surface area contributed by atoms with Crippen LogP contribution < -0.4 is 19.6 Å². The van der Waals surface area contributed by atoms with Crippen molar-refractivity contribution >= 4 is 37.3 Å². The van der Waals surface area contributed by atoms with Crippen molar-refractivity contribution in [1.82, 2.24) is 9.83 Å². The number of fused-ring (bicyclic) bond motifs is 1. The number of nitrogens with one attached hydrogen (secondary N) is 1. The van der Waals surface area contributed by atoms with Gasteiger partial charge in [-0.3, -0.25) is 4.79 Å². The Kier molecular flexibility index (Phi) is 9.05. The van der Waals surface area contributed by atoms with Gasteiger partial charge in [-0.05, 0) is 37.1 Å². The van der Waals surface area contributed by atoms with E-state index in [0.717, 1.165) is 0 Å². The van der Waals surface area contributed by atoms with Crippen molar-refractivity contribution in [3.63, 3.8) is 0 Å². The lowest BCUT2D eigenvalue weighted by atomic mass is 10.2. The van der Waals surface area contributed by atoms with E-state index in [1.54, 1.807) is 38.1 Å². The molecule has 1 amide bonds. The molecular formula is C25H31N3O8S2. The number of rotatable bonds is 12. The first-order chi connectivity index (χ1) is 18.1. The average molecular weight is 566 g/mol. The molecule has 1 aromatic carbocycles. The largest absolute Gasteiger partial charge is 0.493 e. The van der Waals surface area contributed by atoms with Crippen LogP contribution in [0.1, 0.15) is 42.7 Å². The summed E-state index contributed by atoms with van der Waals surface area (Å²) in [7, 11) is -3.78. The van der Waals surface area contributed by atoms with E-state index in [9.17, 15) is 21.6 Å². The van der Waals surface area contributed by atoms with E-state index >= 15 is 0 Å². The van der Waals surface area contributed by atoms with Crippen LogP contribution in [0.15, 0.2) is 51.4 Å². The second kappa shape index (κ2) is 11.9. The third-order valence-electron chi connectivity index (χ3n) is 5.60. The number of hydrogen-bond donors (Lipinski definition) is 1. The number of ether oxygens (including phenoxy) is 3. The molecule has 0 saturated heterocycles. The number of amides is 1. The normalized spacial score (nSPS) is 12.1. The molecule has 0 fully saturated rings. The number of hydrogen-bond acceptors (Lipinski definition) is 9. The molecule has 13 heteroatoms. The van der Waals surface area contributed by atoms with Crippen LogP contribution >= 0.6 is 0 Å². The van der Waals surface area contributed by atoms with Gasteiger partial charge < -0.3 is 18.6 Å². The minimum atomic E-state index is -4.14. The van der Waals surface area contributed by atoms with Crippen LogP contribution in [0.25, 0.3) is 5.52 Å². The zero-order chi connectivity index (χ0) is 28.1. The molecule has 206 valence electrons. The molecule has 0 aliphatic rings. The van der Waals surface area contributed by atoms with Crippen LogP contribution in [0.3, 0.4) is 0 Å². The highest BCUT2D eigenvalue weighted by atomic mass is 32.2. The van der Waals surface area contributed by atoms with Crippen molar-refractivity contribution in [2.75, 3.05) is 32.8 Å². The molecule has 0 unspecified atom stereocenters. The molecule has 0 radical (unpaired) electrons. The van der Waals surface area contributed by atoms with Gasteiger partial charge in [0.1, 0.15) is 15.5 Å². The van der Waals surface area contributed by atoms with Crippen molar-refractivity contribution < 1.29 is 35.8 Å². The van der Waals surface area contributed by atoms with Gasteiger partial charge in [-0.2, -0.15) is 5.10 Å². The number of benzene rings is 1. The zero-order valence-electron chi connectivity index (χ0n) is 21.8. The predicted octanol–water partition coefficient (Wildman–Crippen LogP) is 3.10. The van der Waals surface area contributed by atoms with Gasteiger partial charge >= 0.3 is 0 Å². The summed E-state index contributed by atoms with van der Waals surface area (Å²) in [5, 5.41) is 3.97. The van der Waals surface area contributed by atoms with E-state index in [4.69, 9.17) is 14.2 Å². The fourth-order valence-corrected chi connectivity index (χ4v) is 8.08. The Morgan fingerprint density at radius 1 is 0.921 bits per heavy atom. The maximum atomic E-state index is 13.4. The molecule has 3 rings (SSSR count). The Balaban J connectivity index is 2.15. The Morgan fingerprint density at radius 2 is 1.50 bits per heavy atom. The van der Waals surface area contributed by atoms with Crippen molar-refractivity contribution in [1.29, 1.82) is 0 Å². The summed E-state index contributed by atoms with van der Waals surface area (Å²) in [5.74, 6) is -0.360. The molecule has 2 aromatic heterocycles. The van der Waals surface area contributed by atoms with E-state index in [-0.39, 0.29) is 40.5 Å². The molecule has 0 aliphatic carbocycles. The third kappa shape index (κ3) is 5.63. The van der Waals surface area contributed by atoms with E-state index in [1.807, 2.05) is 0 Å². The number of carbonyl (C=O) groups excluding carboxylic acids is 1. The summed E-state index contributed by atoms with van der Waals surface area (Å²) < 4.78 is 70.4. The number of methoxy groups -OCH3 is 3. The van der Waals surface area contributed by atoms with Gasteiger partial charge in [0.05, 0.1) is 44.6 Å². The second-order valence-electron chi connectivity index (χ2n) is 8.26. The molecule has 38 heavy (non-hydrogen) atoms. The zero-order valence-corrected chi connectivity index (χ0v) is 23.5. The molecule has 0 bridgehead atoms. The summed E-state index contributed by atoms with van der Waals surface area (Å²) in [6.07, 6.45) is 3.28. The molecule has 0 spiro atoms. The summed E-state index contributed by atoms with van der Waals surface area (Å²) in [6.45, 7) is 3.34. The molecular weight excluding hydrogens is 534 g/mol. The van der Waals surface area contributed by atoms with Crippen LogP contribution in [0.5, 0.6) is 17.2 Å². The minimum Gasteiger partial charge on any atom is -0.493 e. The highest BCUT2D eigenvalue weighted by Crippen LogP contribution is 2.38. The van der Waals surface area contributed by atoms with Crippen molar-refractivity contribution in [2.45, 2.75) is 36.5 Å². The lowest BCUT2D eigenvalue weighted by molar-refractivity contribution is 0.0945. The maximum absolute atomic E-state index is 13.4. The van der Waals surface area contributed by atoms with Gasteiger partial charge in [-0.15, -0.1) is 0 Å². The molecule has 3 aromatic rings. The first kappa shape index (κ1) is 29.0. The van der Waals surface area contributed by atoms with Crippen molar-refractivity contribution in [2.24, 2.45) is 5.10 Å². The maximum Gasteiger partial charge on any atom is 0.289 e. The smallest absolute Gasteiger partial charge is 0.289 e. The van der Waals surface area contributed by atoms with Crippen molar-refractivity contribution in [3.05, 3.63) is 47.8 Å². The van der Waals surface area contributed by atoms with Crippen LogP contribution in [0.2, 0.25) is 0 Å². The monoisotopic (exact) mass is 565 g/mol. The lowest BCUT2D eigenvalue weighted by Gasteiger charge is -2.12. The highest BCUT2D eigenvalue weighted by Gasteiger charge is 2.36. The van der Waals surface area contributed by atoms with E-state index < -0.39 is 30.5 Å². The topological polar surface area (TPSA) is 142 Å². The van der Waals surface area contributed by atoms with Crippen LogP contribution in [-0.2, 0) is 19.7 Å².